The second-order valence-corrected chi connectivity index (χ2v) is 1.70. The van der Waals surface area contributed by atoms with Gasteiger partial charge in [-0.2, -0.15) is 0 Å². The summed E-state index contributed by atoms with van der Waals surface area (Å²) in [6.07, 6.45) is 0.0183. The van der Waals surface area contributed by atoms with Crippen LogP contribution in [0.1, 0.15) is 13.3 Å². The van der Waals surface area contributed by atoms with Gasteiger partial charge in [0.15, 0.2) is 0 Å². The molecule has 0 spiro atoms. The zero-order valence-electron chi connectivity index (χ0n) is 5.99. The highest BCUT2D eigenvalue weighted by atomic mass is 16.6. The maximum atomic E-state index is 10.4. The maximum Gasteiger partial charge on any atom is 0.384 e. The molecule has 0 aromatic rings. The van der Waals surface area contributed by atoms with Crippen molar-refractivity contribution in [2.75, 3.05) is 6.61 Å². The Labute approximate surface area is 63.0 Å². The van der Waals surface area contributed by atoms with E-state index in [4.69, 9.17) is 5.11 Å². The smallest absolute Gasteiger partial charge is 0.384 e. The molecule has 0 aliphatic carbocycles. The lowest BCUT2D eigenvalue weighted by atomic mass is 10.4. The molecule has 11 heavy (non-hydrogen) atoms. The van der Waals surface area contributed by atoms with E-state index in [2.05, 4.69) is 4.74 Å². The molecule has 1 N–H and O–H groups in total. The lowest BCUT2D eigenvalue weighted by molar-refractivity contribution is -0.164. The largest absolute Gasteiger partial charge is 0.388 e. The predicted octanol–water partition coefficient (Wildman–Crippen LogP) is -0.972. The van der Waals surface area contributed by atoms with Crippen LogP contribution in [0.25, 0.3) is 0 Å². The van der Waals surface area contributed by atoms with E-state index in [-0.39, 0.29) is 6.42 Å². The minimum Gasteiger partial charge on any atom is -0.388 e. The van der Waals surface area contributed by atoms with Crippen LogP contribution in [-0.2, 0) is 19.1 Å². The van der Waals surface area contributed by atoms with Gasteiger partial charge in [0.05, 0.1) is 0 Å². The Balaban J connectivity index is 3.88. The second kappa shape index (κ2) is 4.56. The van der Waals surface area contributed by atoms with Crippen molar-refractivity contribution in [3.63, 3.8) is 0 Å². The maximum absolute atomic E-state index is 10.4. The molecule has 0 radical (unpaired) electrons. The lowest BCUT2D eigenvalue weighted by Crippen LogP contribution is -2.23. The van der Waals surface area contributed by atoms with Gasteiger partial charge in [0, 0.05) is 6.42 Å². The van der Waals surface area contributed by atoms with E-state index in [0.29, 0.717) is 0 Å². The first kappa shape index (κ1) is 9.77. The lowest BCUT2D eigenvalue weighted by Gasteiger charge is -1.96. The molecule has 0 bridgehead atoms. The minimum absolute atomic E-state index is 0.0183. The number of rotatable bonds is 3. The molecule has 5 nitrogen and oxygen atoms in total. The van der Waals surface area contributed by atoms with Crippen molar-refractivity contribution in [1.29, 1.82) is 0 Å². The van der Waals surface area contributed by atoms with Crippen molar-refractivity contribution >= 4 is 17.7 Å². The van der Waals surface area contributed by atoms with E-state index in [9.17, 15) is 14.4 Å². The number of aliphatic hydroxyl groups is 1. The number of aliphatic hydroxyl groups excluding tert-OH is 1. The zero-order valence-corrected chi connectivity index (χ0v) is 5.99. The van der Waals surface area contributed by atoms with E-state index in [1.165, 1.54) is 6.92 Å². The molecular weight excluding hydrogens is 152 g/mol. The molecule has 0 saturated heterocycles. The molecule has 62 valence electrons. The Morgan fingerprint density at radius 3 is 2.27 bits per heavy atom. The summed E-state index contributed by atoms with van der Waals surface area (Å²) >= 11 is 0. The Hall–Kier alpha value is -1.23. The monoisotopic (exact) mass is 160 g/mol. The highest BCUT2D eigenvalue weighted by Crippen LogP contribution is 1.86. The normalized spacial score (nSPS) is 8.91. The molecular formula is C6H8O5. The molecule has 0 aromatic heterocycles. The van der Waals surface area contributed by atoms with Gasteiger partial charge in [-0.05, 0) is 0 Å². The SMILES string of the molecule is CCC(=O)OC(=O)C(=O)CO. The van der Waals surface area contributed by atoms with Crippen LogP contribution in [0.5, 0.6) is 0 Å². The van der Waals surface area contributed by atoms with Gasteiger partial charge in [-0.1, -0.05) is 6.92 Å². The van der Waals surface area contributed by atoms with Gasteiger partial charge in [-0.15, -0.1) is 0 Å². The Kier molecular flexibility index (Phi) is 4.05. The predicted molar refractivity (Wildman–Crippen MR) is 33.5 cm³/mol. The van der Waals surface area contributed by atoms with Gasteiger partial charge in [0.2, 0.25) is 0 Å². The van der Waals surface area contributed by atoms with Crippen LogP contribution < -0.4 is 0 Å². The van der Waals surface area contributed by atoms with Gasteiger partial charge >= 0.3 is 11.9 Å². The summed E-state index contributed by atoms with van der Waals surface area (Å²) in [5.74, 6) is -3.21. The highest BCUT2D eigenvalue weighted by molar-refractivity contribution is 6.35. The fourth-order valence-corrected chi connectivity index (χ4v) is 0.297. The fraction of sp³-hybridized carbons (Fsp3) is 0.500. The molecule has 0 heterocycles. The van der Waals surface area contributed by atoms with Crippen LogP contribution in [0.4, 0.5) is 0 Å². The molecule has 0 atom stereocenters. The number of esters is 2. The number of carbonyl (C=O) groups is 3. The summed E-state index contributed by atoms with van der Waals surface area (Å²) in [7, 11) is 0. The third-order valence-corrected chi connectivity index (χ3v) is 0.866. The third-order valence-electron chi connectivity index (χ3n) is 0.866. The van der Waals surface area contributed by atoms with E-state index >= 15 is 0 Å². The van der Waals surface area contributed by atoms with Gasteiger partial charge in [0.25, 0.3) is 5.78 Å². The number of Topliss-reactive ketones (excluding diaryl/α,β-unsaturated/α-hetero) is 1. The molecule has 0 rings (SSSR count). The van der Waals surface area contributed by atoms with Crippen molar-refractivity contribution in [2.45, 2.75) is 13.3 Å². The molecule has 0 aliphatic rings. The van der Waals surface area contributed by atoms with Crippen LogP contribution in [0, 0.1) is 0 Å². The van der Waals surface area contributed by atoms with E-state index < -0.39 is 24.3 Å². The number of carbonyl (C=O) groups excluding carboxylic acids is 3. The summed E-state index contributed by atoms with van der Waals surface area (Å²) in [5, 5.41) is 8.13. The van der Waals surface area contributed by atoms with Gasteiger partial charge < -0.3 is 9.84 Å². The van der Waals surface area contributed by atoms with Gasteiger partial charge in [0.1, 0.15) is 6.61 Å². The van der Waals surface area contributed by atoms with Gasteiger partial charge in [-0.3, -0.25) is 9.59 Å². The molecule has 5 heteroatoms. The summed E-state index contributed by atoms with van der Waals surface area (Å²) < 4.78 is 3.96. The van der Waals surface area contributed by atoms with Crippen molar-refractivity contribution in [3.05, 3.63) is 0 Å². The van der Waals surface area contributed by atoms with E-state index in [1.807, 2.05) is 0 Å². The first-order valence-corrected chi connectivity index (χ1v) is 3.00. The number of hydrogen-bond donors (Lipinski definition) is 1. The third kappa shape index (κ3) is 3.47. The summed E-state index contributed by atoms with van der Waals surface area (Å²) in [4.78, 5) is 31.0. The average molecular weight is 160 g/mol. The Bertz CT molecular complexity index is 183. The molecule has 0 saturated carbocycles. The Morgan fingerprint density at radius 2 is 1.91 bits per heavy atom. The van der Waals surface area contributed by atoms with Crippen molar-refractivity contribution in [3.8, 4) is 0 Å². The fourth-order valence-electron chi connectivity index (χ4n) is 0.297. The molecule has 0 amide bonds. The molecule has 0 unspecified atom stereocenters. The second-order valence-electron chi connectivity index (χ2n) is 1.70. The molecule has 0 aliphatic heterocycles. The van der Waals surface area contributed by atoms with E-state index in [1.54, 1.807) is 0 Å². The minimum atomic E-state index is -1.31. The van der Waals surface area contributed by atoms with Crippen LogP contribution in [0.3, 0.4) is 0 Å². The standard InChI is InChI=1S/C6H8O5/c1-2-5(9)11-6(10)4(8)3-7/h7H,2-3H2,1H3. The average Bonchev–Trinajstić information content (AvgIpc) is 2.02. The van der Waals surface area contributed by atoms with Crippen LogP contribution in [-0.4, -0.2) is 29.4 Å². The summed E-state index contributed by atoms with van der Waals surface area (Å²) in [5.41, 5.74) is 0. The summed E-state index contributed by atoms with van der Waals surface area (Å²) in [6, 6.07) is 0. The zero-order chi connectivity index (χ0) is 8.85. The van der Waals surface area contributed by atoms with Crippen LogP contribution in [0.15, 0.2) is 0 Å². The van der Waals surface area contributed by atoms with E-state index in [0.717, 1.165) is 0 Å². The quantitative estimate of drug-likeness (QED) is 0.326. The number of ketones is 1. The molecule has 0 fully saturated rings. The van der Waals surface area contributed by atoms with Crippen molar-refractivity contribution in [2.24, 2.45) is 0 Å². The number of hydrogen-bond acceptors (Lipinski definition) is 5. The van der Waals surface area contributed by atoms with Gasteiger partial charge in [-0.25, -0.2) is 4.79 Å². The highest BCUT2D eigenvalue weighted by Gasteiger charge is 2.16. The van der Waals surface area contributed by atoms with Crippen LogP contribution >= 0.6 is 0 Å². The van der Waals surface area contributed by atoms with Crippen molar-refractivity contribution < 1.29 is 24.2 Å². The first-order chi connectivity index (χ1) is 5.11. The van der Waals surface area contributed by atoms with Crippen molar-refractivity contribution in [1.82, 2.24) is 0 Å². The first-order valence-electron chi connectivity index (χ1n) is 3.00. The van der Waals surface area contributed by atoms with Crippen LogP contribution in [0.2, 0.25) is 0 Å². The number of ether oxygens (including phenoxy) is 1. The molecule has 0 aromatic carbocycles. The summed E-state index contributed by atoms with van der Waals surface area (Å²) in [6.45, 7) is 0.550. The topological polar surface area (TPSA) is 80.7 Å². The Morgan fingerprint density at radius 1 is 1.36 bits per heavy atom.